The minimum absolute atomic E-state index is 0.0311. The van der Waals surface area contributed by atoms with Crippen molar-refractivity contribution in [3.05, 3.63) is 53.8 Å². The van der Waals surface area contributed by atoms with Gasteiger partial charge >= 0.3 is 0 Å². The zero-order valence-corrected chi connectivity index (χ0v) is 13.0. The molecule has 0 radical (unpaired) electrons. The Balaban J connectivity index is 1.94. The van der Waals surface area contributed by atoms with Crippen molar-refractivity contribution in [1.29, 1.82) is 0 Å². The maximum absolute atomic E-state index is 11.1. The second-order valence-corrected chi connectivity index (χ2v) is 7.11. The second-order valence-electron chi connectivity index (χ2n) is 5.62. The van der Waals surface area contributed by atoms with Gasteiger partial charge in [0.05, 0.1) is 6.54 Å². The number of furan rings is 1. The van der Waals surface area contributed by atoms with Crippen LogP contribution in [0.15, 0.2) is 52.0 Å². The van der Waals surface area contributed by atoms with Crippen LogP contribution in [0.25, 0.3) is 0 Å². The summed E-state index contributed by atoms with van der Waals surface area (Å²) in [5, 5.41) is 8.07. The molecule has 0 spiro atoms. The van der Waals surface area contributed by atoms with Crippen LogP contribution in [-0.2, 0) is 22.0 Å². The maximum Gasteiger partial charge on any atom is 0.271 e. The van der Waals surface area contributed by atoms with Gasteiger partial charge in [-0.1, -0.05) is 44.2 Å². The third-order valence-electron chi connectivity index (χ3n) is 3.34. The Morgan fingerprint density at radius 1 is 1.14 bits per heavy atom. The molecule has 1 aromatic heterocycles. The Morgan fingerprint density at radius 3 is 2.38 bits per heavy atom. The molecule has 0 bridgehead atoms. The topological polar surface area (TPSA) is 85.3 Å². The summed E-state index contributed by atoms with van der Waals surface area (Å²) in [6.45, 7) is 5.48. The van der Waals surface area contributed by atoms with Gasteiger partial charge in [0.2, 0.25) is 5.09 Å². The Bertz CT molecular complexity index is 691. The van der Waals surface area contributed by atoms with Crippen LogP contribution in [0, 0.1) is 0 Å². The summed E-state index contributed by atoms with van der Waals surface area (Å²) in [5.41, 5.74) is 1.21. The van der Waals surface area contributed by atoms with E-state index in [9.17, 15) is 8.42 Å². The molecule has 6 heteroatoms. The molecule has 0 aliphatic carbocycles. The molecule has 0 amide bonds. The molecule has 0 saturated carbocycles. The van der Waals surface area contributed by atoms with E-state index < -0.39 is 10.0 Å². The van der Waals surface area contributed by atoms with E-state index in [1.165, 1.54) is 11.6 Å². The van der Waals surface area contributed by atoms with Crippen LogP contribution in [0.4, 0.5) is 0 Å². The number of hydrogen-bond donors (Lipinski definition) is 2. The van der Waals surface area contributed by atoms with Crippen molar-refractivity contribution in [1.82, 2.24) is 5.32 Å². The van der Waals surface area contributed by atoms with Crippen molar-refractivity contribution in [3.8, 4) is 0 Å². The van der Waals surface area contributed by atoms with Crippen LogP contribution in [0.3, 0.4) is 0 Å². The summed E-state index contributed by atoms with van der Waals surface area (Å²) in [6.07, 6.45) is 0. The SMILES string of the molecule is CC(C)(CNCc1ccc(S(N)(=O)=O)o1)c1ccccc1. The lowest BCUT2D eigenvalue weighted by molar-refractivity contribution is 0.388. The van der Waals surface area contributed by atoms with Crippen LogP contribution in [0.2, 0.25) is 0 Å². The Morgan fingerprint density at radius 2 is 1.81 bits per heavy atom. The van der Waals surface area contributed by atoms with Gasteiger partial charge in [-0.25, -0.2) is 13.6 Å². The molecule has 0 saturated heterocycles. The highest BCUT2D eigenvalue weighted by molar-refractivity contribution is 7.89. The third-order valence-corrected chi connectivity index (χ3v) is 4.12. The summed E-state index contributed by atoms with van der Waals surface area (Å²) in [7, 11) is -3.77. The van der Waals surface area contributed by atoms with Crippen LogP contribution in [0.5, 0.6) is 0 Å². The number of nitrogens with two attached hydrogens (primary N) is 1. The lowest BCUT2D eigenvalue weighted by atomic mass is 9.84. The van der Waals surface area contributed by atoms with Crippen LogP contribution in [-0.4, -0.2) is 15.0 Å². The Hall–Kier alpha value is -1.63. The van der Waals surface area contributed by atoms with Crippen molar-refractivity contribution < 1.29 is 12.8 Å². The van der Waals surface area contributed by atoms with Gasteiger partial charge in [0, 0.05) is 12.0 Å². The lowest BCUT2D eigenvalue weighted by Crippen LogP contribution is -2.32. The average Bonchev–Trinajstić information content (AvgIpc) is 2.88. The fourth-order valence-corrected chi connectivity index (χ4v) is 2.58. The second kappa shape index (κ2) is 6.01. The molecule has 5 nitrogen and oxygen atoms in total. The number of nitrogens with one attached hydrogen (secondary N) is 1. The fourth-order valence-electron chi connectivity index (χ4n) is 2.10. The molecule has 2 rings (SSSR count). The van der Waals surface area contributed by atoms with E-state index >= 15 is 0 Å². The summed E-state index contributed by atoms with van der Waals surface area (Å²) < 4.78 is 27.4. The highest BCUT2D eigenvalue weighted by Crippen LogP contribution is 2.22. The lowest BCUT2D eigenvalue weighted by Gasteiger charge is -2.25. The molecule has 3 N–H and O–H groups in total. The Labute approximate surface area is 125 Å². The fraction of sp³-hybridized carbons (Fsp3) is 0.333. The van der Waals surface area contributed by atoms with E-state index in [0.29, 0.717) is 12.3 Å². The number of hydrogen-bond acceptors (Lipinski definition) is 4. The summed E-state index contributed by atoms with van der Waals surface area (Å²) in [5.74, 6) is 0.544. The number of primary sulfonamides is 1. The molecular weight excluding hydrogens is 288 g/mol. The smallest absolute Gasteiger partial charge is 0.271 e. The van der Waals surface area contributed by atoms with Crippen molar-refractivity contribution in [2.24, 2.45) is 5.14 Å². The van der Waals surface area contributed by atoms with Gasteiger partial charge < -0.3 is 9.73 Å². The standard InChI is InChI=1S/C15H20N2O3S/c1-15(2,12-6-4-3-5-7-12)11-17-10-13-8-9-14(20-13)21(16,18)19/h3-9,17H,10-11H2,1-2H3,(H2,16,18,19). The molecule has 0 fully saturated rings. The third kappa shape index (κ3) is 4.17. The molecule has 0 unspecified atom stereocenters. The predicted molar refractivity (Wildman–Crippen MR) is 81.3 cm³/mol. The predicted octanol–water partition coefficient (Wildman–Crippen LogP) is 1.99. The normalized spacial score (nSPS) is 12.5. The summed E-state index contributed by atoms with van der Waals surface area (Å²) >= 11 is 0. The molecule has 0 aliphatic rings. The van der Waals surface area contributed by atoms with Gasteiger partial charge in [0.15, 0.2) is 0 Å². The minimum Gasteiger partial charge on any atom is -0.447 e. The first-order chi connectivity index (χ1) is 9.79. The molecular formula is C15H20N2O3S. The van der Waals surface area contributed by atoms with Gasteiger partial charge in [0.1, 0.15) is 5.76 Å². The molecule has 21 heavy (non-hydrogen) atoms. The van der Waals surface area contributed by atoms with Gasteiger partial charge in [0.25, 0.3) is 10.0 Å². The average molecular weight is 308 g/mol. The van der Waals surface area contributed by atoms with E-state index in [4.69, 9.17) is 9.56 Å². The van der Waals surface area contributed by atoms with Gasteiger partial charge in [-0.15, -0.1) is 0 Å². The molecule has 2 aromatic rings. The maximum atomic E-state index is 11.1. The highest BCUT2D eigenvalue weighted by atomic mass is 32.2. The van der Waals surface area contributed by atoms with E-state index in [1.54, 1.807) is 6.07 Å². The molecule has 0 aliphatic heterocycles. The molecule has 114 valence electrons. The van der Waals surface area contributed by atoms with E-state index in [2.05, 4.69) is 31.3 Å². The first-order valence-corrected chi connectivity index (χ1v) is 8.21. The van der Waals surface area contributed by atoms with Crippen molar-refractivity contribution in [3.63, 3.8) is 0 Å². The van der Waals surface area contributed by atoms with Crippen molar-refractivity contribution in [2.45, 2.75) is 30.9 Å². The molecule has 1 aromatic carbocycles. The monoisotopic (exact) mass is 308 g/mol. The number of benzene rings is 1. The van der Waals surface area contributed by atoms with E-state index in [1.807, 2.05) is 18.2 Å². The zero-order chi connectivity index (χ0) is 15.5. The van der Waals surface area contributed by atoms with Gasteiger partial charge in [-0.2, -0.15) is 0 Å². The molecule has 0 atom stereocenters. The van der Waals surface area contributed by atoms with Gasteiger partial charge in [-0.3, -0.25) is 0 Å². The van der Waals surface area contributed by atoms with Crippen molar-refractivity contribution >= 4 is 10.0 Å². The molecule has 1 heterocycles. The summed E-state index contributed by atoms with van der Waals surface area (Å²) in [4.78, 5) is 0. The Kier molecular flexibility index (Phi) is 4.51. The van der Waals surface area contributed by atoms with Crippen LogP contribution < -0.4 is 10.5 Å². The van der Waals surface area contributed by atoms with Crippen LogP contribution >= 0.6 is 0 Å². The minimum atomic E-state index is -3.77. The largest absolute Gasteiger partial charge is 0.447 e. The highest BCUT2D eigenvalue weighted by Gasteiger charge is 2.20. The summed E-state index contributed by atoms with van der Waals surface area (Å²) in [6, 6.07) is 13.2. The van der Waals surface area contributed by atoms with Crippen molar-refractivity contribution in [2.75, 3.05) is 6.54 Å². The number of rotatable bonds is 6. The van der Waals surface area contributed by atoms with Crippen LogP contribution in [0.1, 0.15) is 25.2 Å². The van der Waals surface area contributed by atoms with Gasteiger partial charge in [-0.05, 0) is 17.7 Å². The number of sulfonamides is 1. The first-order valence-electron chi connectivity index (χ1n) is 6.67. The van der Waals surface area contributed by atoms with E-state index in [0.717, 1.165) is 6.54 Å². The quantitative estimate of drug-likeness (QED) is 0.854. The van der Waals surface area contributed by atoms with E-state index in [-0.39, 0.29) is 10.5 Å². The zero-order valence-electron chi connectivity index (χ0n) is 12.2. The first kappa shape index (κ1) is 15.8.